The van der Waals surface area contributed by atoms with E-state index in [1.165, 1.54) is 12.5 Å². The standard InChI is InChI=1S/C17H24N2O3/c1-19-9-12-4-3-5-13(10-19)17(12,22-2)14-6-11(16(18)21)7-15(20)8-14/h6-8,12-13,20H,3-5,9-10H2,1-2H3,(H2,18,21)/t12-,13+,17?. The summed E-state index contributed by atoms with van der Waals surface area (Å²) in [7, 11) is 3.88. The first-order chi connectivity index (χ1) is 10.5. The number of hydrogen-bond acceptors (Lipinski definition) is 4. The van der Waals surface area contributed by atoms with Crippen molar-refractivity contribution in [1.29, 1.82) is 0 Å². The Hall–Kier alpha value is -1.59. The Morgan fingerprint density at radius 2 is 1.95 bits per heavy atom. The van der Waals surface area contributed by atoms with E-state index in [9.17, 15) is 9.90 Å². The molecular formula is C17H24N2O3. The van der Waals surface area contributed by atoms with Crippen LogP contribution in [0.5, 0.6) is 5.75 Å². The fraction of sp³-hybridized carbons (Fsp3) is 0.588. The number of ether oxygens (including phenoxy) is 1. The second-order valence-corrected chi connectivity index (χ2v) is 6.68. The van der Waals surface area contributed by atoms with Gasteiger partial charge in [0, 0.05) is 37.6 Å². The average molecular weight is 304 g/mol. The third-order valence-corrected chi connectivity index (χ3v) is 5.37. The van der Waals surface area contributed by atoms with Crippen molar-refractivity contribution >= 4 is 5.91 Å². The predicted molar refractivity (Wildman–Crippen MR) is 83.6 cm³/mol. The smallest absolute Gasteiger partial charge is 0.248 e. The summed E-state index contributed by atoms with van der Waals surface area (Å²) in [5.74, 6) is 0.260. The van der Waals surface area contributed by atoms with Gasteiger partial charge >= 0.3 is 0 Å². The summed E-state index contributed by atoms with van der Waals surface area (Å²) in [5, 5.41) is 10.0. The van der Waals surface area contributed by atoms with E-state index in [0.29, 0.717) is 17.4 Å². The molecule has 1 saturated carbocycles. The van der Waals surface area contributed by atoms with Crippen LogP contribution in [0.1, 0.15) is 35.2 Å². The molecule has 3 atom stereocenters. The number of fused-ring (bicyclic) bond motifs is 2. The number of nitrogens with zero attached hydrogens (tertiary/aromatic N) is 1. The molecule has 0 aromatic heterocycles. The molecule has 5 heteroatoms. The first-order valence-electron chi connectivity index (χ1n) is 7.85. The minimum absolute atomic E-state index is 0.0692. The van der Waals surface area contributed by atoms with E-state index in [1.54, 1.807) is 19.2 Å². The molecule has 1 heterocycles. The van der Waals surface area contributed by atoms with Crippen LogP contribution < -0.4 is 5.73 Å². The average Bonchev–Trinajstić information content (AvgIpc) is 2.45. The van der Waals surface area contributed by atoms with Crippen LogP contribution in [-0.4, -0.2) is 43.2 Å². The maximum Gasteiger partial charge on any atom is 0.248 e. The summed E-state index contributed by atoms with van der Waals surface area (Å²) < 4.78 is 6.08. The lowest BCUT2D eigenvalue weighted by atomic mass is 9.62. The van der Waals surface area contributed by atoms with Crippen LogP contribution in [0.4, 0.5) is 0 Å². The maximum atomic E-state index is 11.5. The number of likely N-dealkylation sites (tertiary alicyclic amines) is 1. The Morgan fingerprint density at radius 1 is 1.32 bits per heavy atom. The molecule has 1 aromatic carbocycles. The second kappa shape index (κ2) is 5.56. The summed E-state index contributed by atoms with van der Waals surface area (Å²) in [6.07, 6.45) is 3.39. The van der Waals surface area contributed by atoms with Gasteiger partial charge < -0.3 is 20.5 Å². The van der Waals surface area contributed by atoms with Crippen LogP contribution in [0.2, 0.25) is 0 Å². The number of amides is 1. The van der Waals surface area contributed by atoms with Gasteiger partial charge in [0.1, 0.15) is 11.4 Å². The number of carbonyl (C=O) groups is 1. The summed E-state index contributed by atoms with van der Waals surface area (Å²) in [6, 6.07) is 4.94. The zero-order chi connectivity index (χ0) is 15.9. The van der Waals surface area contributed by atoms with E-state index in [-0.39, 0.29) is 5.75 Å². The number of rotatable bonds is 3. The van der Waals surface area contributed by atoms with Crippen molar-refractivity contribution in [3.8, 4) is 5.75 Å². The quantitative estimate of drug-likeness (QED) is 0.891. The highest BCUT2D eigenvalue weighted by Crippen LogP contribution is 2.51. The number of phenols is 1. The van der Waals surface area contributed by atoms with E-state index < -0.39 is 11.5 Å². The van der Waals surface area contributed by atoms with E-state index in [4.69, 9.17) is 10.5 Å². The van der Waals surface area contributed by atoms with Gasteiger partial charge in [-0.05, 0) is 43.7 Å². The van der Waals surface area contributed by atoms with E-state index >= 15 is 0 Å². The normalized spacial score (nSPS) is 31.9. The number of primary amides is 1. The molecule has 120 valence electrons. The van der Waals surface area contributed by atoms with Gasteiger partial charge in [0.2, 0.25) is 5.91 Å². The summed E-state index contributed by atoms with van der Waals surface area (Å²) in [4.78, 5) is 13.9. The van der Waals surface area contributed by atoms with E-state index in [0.717, 1.165) is 31.5 Å². The molecule has 1 saturated heterocycles. The Kier molecular flexibility index (Phi) is 3.87. The largest absolute Gasteiger partial charge is 0.508 e. The van der Waals surface area contributed by atoms with E-state index in [1.807, 2.05) is 0 Å². The molecule has 1 aliphatic heterocycles. The molecule has 1 unspecified atom stereocenters. The first kappa shape index (κ1) is 15.3. The van der Waals surface area contributed by atoms with Crippen LogP contribution in [0.25, 0.3) is 0 Å². The molecule has 1 amide bonds. The van der Waals surface area contributed by atoms with Gasteiger partial charge in [-0.3, -0.25) is 4.79 Å². The zero-order valence-electron chi connectivity index (χ0n) is 13.2. The van der Waals surface area contributed by atoms with Gasteiger partial charge in [0.15, 0.2) is 0 Å². The van der Waals surface area contributed by atoms with Crippen LogP contribution in [-0.2, 0) is 10.3 Å². The molecule has 1 aromatic rings. The van der Waals surface area contributed by atoms with Gasteiger partial charge in [0.05, 0.1) is 0 Å². The molecule has 2 fully saturated rings. The third-order valence-electron chi connectivity index (χ3n) is 5.37. The maximum absolute atomic E-state index is 11.5. The molecule has 3 N–H and O–H groups in total. The lowest BCUT2D eigenvalue weighted by molar-refractivity contribution is -0.165. The number of benzene rings is 1. The minimum atomic E-state index is -0.526. The number of methoxy groups -OCH3 is 1. The van der Waals surface area contributed by atoms with Crippen molar-refractivity contribution in [2.45, 2.75) is 24.9 Å². The molecule has 3 rings (SSSR count). The van der Waals surface area contributed by atoms with Crippen LogP contribution in [0.15, 0.2) is 18.2 Å². The predicted octanol–water partition coefficient (Wildman–Crippen LogP) is 1.69. The fourth-order valence-electron chi connectivity index (χ4n) is 4.56. The Balaban J connectivity index is 2.12. The summed E-state index contributed by atoms with van der Waals surface area (Å²) in [5.41, 5.74) is 6.19. The fourth-order valence-corrected chi connectivity index (χ4v) is 4.56. The Labute approximate surface area is 131 Å². The van der Waals surface area contributed by atoms with Crippen LogP contribution >= 0.6 is 0 Å². The van der Waals surface area contributed by atoms with Crippen molar-refractivity contribution < 1.29 is 14.6 Å². The molecular weight excluding hydrogens is 280 g/mol. The topological polar surface area (TPSA) is 75.8 Å². The van der Waals surface area contributed by atoms with Gasteiger partial charge in [-0.1, -0.05) is 6.42 Å². The molecule has 22 heavy (non-hydrogen) atoms. The van der Waals surface area contributed by atoms with Crippen molar-refractivity contribution in [2.75, 3.05) is 27.2 Å². The highest BCUT2D eigenvalue weighted by atomic mass is 16.5. The van der Waals surface area contributed by atoms with Gasteiger partial charge in [-0.2, -0.15) is 0 Å². The molecule has 1 aliphatic carbocycles. The lowest BCUT2D eigenvalue weighted by Gasteiger charge is -2.54. The van der Waals surface area contributed by atoms with Crippen LogP contribution in [0, 0.1) is 11.8 Å². The SMILES string of the molecule is COC1(c2cc(O)cc(C(N)=O)c2)[C@@H]2CCC[C@H]1CN(C)C2. The number of phenolic OH excluding ortho intramolecular Hbond substituents is 1. The van der Waals surface area contributed by atoms with Gasteiger partial charge in [-0.15, -0.1) is 0 Å². The highest BCUT2D eigenvalue weighted by Gasteiger charge is 2.52. The lowest BCUT2D eigenvalue weighted by Crippen LogP contribution is -2.58. The molecule has 0 spiro atoms. The van der Waals surface area contributed by atoms with Crippen molar-refractivity contribution in [3.05, 3.63) is 29.3 Å². The minimum Gasteiger partial charge on any atom is -0.508 e. The van der Waals surface area contributed by atoms with Crippen molar-refractivity contribution in [2.24, 2.45) is 17.6 Å². The number of aromatic hydroxyl groups is 1. The number of nitrogens with two attached hydrogens (primary N) is 1. The summed E-state index contributed by atoms with van der Waals surface area (Å²) in [6.45, 7) is 1.93. The molecule has 5 nitrogen and oxygen atoms in total. The van der Waals surface area contributed by atoms with E-state index in [2.05, 4.69) is 11.9 Å². The number of carbonyl (C=O) groups excluding carboxylic acids is 1. The van der Waals surface area contributed by atoms with Crippen LogP contribution in [0.3, 0.4) is 0 Å². The van der Waals surface area contributed by atoms with Crippen molar-refractivity contribution in [3.63, 3.8) is 0 Å². The zero-order valence-corrected chi connectivity index (χ0v) is 13.2. The Bertz CT molecular complexity index is 573. The Morgan fingerprint density at radius 3 is 2.50 bits per heavy atom. The monoisotopic (exact) mass is 304 g/mol. The molecule has 2 aliphatic rings. The second-order valence-electron chi connectivity index (χ2n) is 6.68. The molecule has 0 radical (unpaired) electrons. The number of hydrogen-bond donors (Lipinski definition) is 2. The summed E-state index contributed by atoms with van der Waals surface area (Å²) >= 11 is 0. The van der Waals surface area contributed by atoms with Gasteiger partial charge in [0.25, 0.3) is 0 Å². The number of piperidine rings is 1. The van der Waals surface area contributed by atoms with Crippen molar-refractivity contribution in [1.82, 2.24) is 4.90 Å². The van der Waals surface area contributed by atoms with Gasteiger partial charge in [-0.25, -0.2) is 0 Å². The third kappa shape index (κ3) is 2.29. The highest BCUT2D eigenvalue weighted by molar-refractivity contribution is 5.93. The first-order valence-corrected chi connectivity index (χ1v) is 7.85. The molecule has 2 bridgehead atoms.